The minimum Gasteiger partial charge on any atom is -0.369 e. The normalized spacial score (nSPS) is 20.6. The van der Waals surface area contributed by atoms with Gasteiger partial charge >= 0.3 is 0 Å². The number of carbonyl (C=O) groups is 2. The molecule has 0 saturated carbocycles. The van der Waals surface area contributed by atoms with Crippen molar-refractivity contribution in [2.75, 3.05) is 32.4 Å². The molecule has 0 aromatic carbocycles. The van der Waals surface area contributed by atoms with Gasteiger partial charge in [-0.1, -0.05) is 0 Å². The lowest BCUT2D eigenvalue weighted by molar-refractivity contribution is -0.122. The van der Waals surface area contributed by atoms with Gasteiger partial charge in [0.05, 0.1) is 17.1 Å². The van der Waals surface area contributed by atoms with Crippen LogP contribution in [0.5, 0.6) is 0 Å². The number of hydrogen-bond donors (Lipinski definition) is 1. The molecule has 122 valence electrons. The summed E-state index contributed by atoms with van der Waals surface area (Å²) in [6.07, 6.45) is 1.09. The molecule has 0 spiro atoms. The van der Waals surface area contributed by atoms with Crippen LogP contribution in [0.1, 0.15) is 14.5 Å². The summed E-state index contributed by atoms with van der Waals surface area (Å²) in [5.74, 6) is -1.50. The second-order valence-electron chi connectivity index (χ2n) is 5.38. The molecule has 1 fully saturated rings. The molecule has 1 aliphatic heterocycles. The molecule has 9 heteroatoms. The molecule has 1 aliphatic rings. The molecule has 1 aromatic heterocycles. The number of nitrogens with zero attached hydrogens (tertiary/aromatic N) is 2. The molecule has 0 aliphatic carbocycles. The van der Waals surface area contributed by atoms with Crippen molar-refractivity contribution in [2.24, 2.45) is 11.7 Å². The number of thiophene rings is 1. The molecule has 1 saturated heterocycles. The van der Waals surface area contributed by atoms with E-state index in [0.717, 1.165) is 11.1 Å². The first-order valence-electron chi connectivity index (χ1n) is 6.78. The summed E-state index contributed by atoms with van der Waals surface area (Å²) in [5.41, 5.74) is 5.35. The van der Waals surface area contributed by atoms with Gasteiger partial charge in [-0.2, -0.15) is 4.31 Å². The molecule has 1 aromatic rings. The SMILES string of the molecule is Cc1ccc(C(=O)N2CCN(S(C)(=O)=O)C[C@H](C(N)=O)C2)s1. The van der Waals surface area contributed by atoms with Gasteiger partial charge in [0.1, 0.15) is 0 Å². The van der Waals surface area contributed by atoms with Crippen LogP contribution in [0.4, 0.5) is 0 Å². The van der Waals surface area contributed by atoms with Gasteiger partial charge < -0.3 is 10.6 Å². The van der Waals surface area contributed by atoms with Crippen LogP contribution in [0.25, 0.3) is 0 Å². The van der Waals surface area contributed by atoms with Crippen LogP contribution in [0.15, 0.2) is 12.1 Å². The molecule has 0 unspecified atom stereocenters. The van der Waals surface area contributed by atoms with Crippen molar-refractivity contribution in [2.45, 2.75) is 6.92 Å². The average molecular weight is 345 g/mol. The number of sulfonamides is 1. The van der Waals surface area contributed by atoms with E-state index in [-0.39, 0.29) is 32.1 Å². The van der Waals surface area contributed by atoms with Gasteiger partial charge in [0.15, 0.2) is 0 Å². The van der Waals surface area contributed by atoms with Crippen LogP contribution in [-0.2, 0) is 14.8 Å². The highest BCUT2D eigenvalue weighted by Gasteiger charge is 2.32. The van der Waals surface area contributed by atoms with Crippen molar-refractivity contribution in [3.8, 4) is 0 Å². The van der Waals surface area contributed by atoms with E-state index in [1.54, 1.807) is 6.07 Å². The monoisotopic (exact) mass is 345 g/mol. The molecule has 2 amide bonds. The van der Waals surface area contributed by atoms with E-state index in [0.29, 0.717) is 4.88 Å². The highest BCUT2D eigenvalue weighted by molar-refractivity contribution is 7.88. The summed E-state index contributed by atoms with van der Waals surface area (Å²) in [5, 5.41) is 0. The number of primary amides is 1. The minimum absolute atomic E-state index is 0.0153. The Labute approximate surface area is 133 Å². The molecule has 7 nitrogen and oxygen atoms in total. The lowest BCUT2D eigenvalue weighted by atomic mass is 10.1. The molecule has 2 heterocycles. The Morgan fingerprint density at radius 1 is 1.27 bits per heavy atom. The van der Waals surface area contributed by atoms with Crippen LogP contribution in [0, 0.1) is 12.8 Å². The standard InChI is InChI=1S/C13H19N3O4S2/c1-9-3-4-11(21-9)13(18)15-5-6-16(22(2,19)20)8-10(7-15)12(14)17/h3-4,10H,5-8H2,1-2H3,(H2,14,17)/t10-/m1/s1. The van der Waals surface area contributed by atoms with Crippen LogP contribution in [0.3, 0.4) is 0 Å². The number of carbonyl (C=O) groups excluding carboxylic acids is 2. The number of rotatable bonds is 3. The highest BCUT2D eigenvalue weighted by atomic mass is 32.2. The van der Waals surface area contributed by atoms with Crippen molar-refractivity contribution in [1.29, 1.82) is 0 Å². The lowest BCUT2D eigenvalue weighted by Crippen LogP contribution is -2.40. The molecule has 22 heavy (non-hydrogen) atoms. The third-order valence-corrected chi connectivity index (χ3v) is 5.85. The Balaban J connectivity index is 2.23. The third-order valence-electron chi connectivity index (χ3n) is 3.59. The third kappa shape index (κ3) is 3.84. The van der Waals surface area contributed by atoms with Crippen LogP contribution >= 0.6 is 11.3 Å². The second kappa shape index (κ2) is 6.35. The first kappa shape index (κ1) is 16.9. The Morgan fingerprint density at radius 2 is 1.95 bits per heavy atom. The summed E-state index contributed by atoms with van der Waals surface area (Å²) < 4.78 is 24.7. The van der Waals surface area contributed by atoms with Gasteiger partial charge in [-0.05, 0) is 19.1 Å². The first-order valence-corrected chi connectivity index (χ1v) is 9.45. The summed E-state index contributed by atoms with van der Waals surface area (Å²) in [4.78, 5) is 27.2. The zero-order chi connectivity index (χ0) is 16.5. The fraction of sp³-hybridized carbons (Fsp3) is 0.538. The Morgan fingerprint density at radius 3 is 2.45 bits per heavy atom. The summed E-state index contributed by atoms with van der Waals surface area (Å²) in [7, 11) is -3.44. The smallest absolute Gasteiger partial charge is 0.263 e. The number of hydrogen-bond acceptors (Lipinski definition) is 5. The van der Waals surface area contributed by atoms with Crippen molar-refractivity contribution in [3.05, 3.63) is 21.9 Å². The Kier molecular flexibility index (Phi) is 4.88. The lowest BCUT2D eigenvalue weighted by Gasteiger charge is -2.21. The zero-order valence-corrected chi connectivity index (χ0v) is 14.1. The van der Waals surface area contributed by atoms with E-state index in [1.165, 1.54) is 20.5 Å². The molecular weight excluding hydrogens is 326 g/mol. The van der Waals surface area contributed by atoms with Crippen molar-refractivity contribution in [1.82, 2.24) is 9.21 Å². The van der Waals surface area contributed by atoms with E-state index < -0.39 is 21.8 Å². The maximum atomic E-state index is 12.5. The van der Waals surface area contributed by atoms with Gasteiger partial charge in [0.2, 0.25) is 15.9 Å². The van der Waals surface area contributed by atoms with Gasteiger partial charge in [-0.15, -0.1) is 11.3 Å². The van der Waals surface area contributed by atoms with Crippen LogP contribution in [-0.4, -0.2) is 61.9 Å². The van der Waals surface area contributed by atoms with Gasteiger partial charge in [0.25, 0.3) is 5.91 Å². The quantitative estimate of drug-likeness (QED) is 0.825. The average Bonchev–Trinajstić information content (AvgIpc) is 2.72. The van der Waals surface area contributed by atoms with Gasteiger partial charge in [0, 0.05) is 31.1 Å². The van der Waals surface area contributed by atoms with Gasteiger partial charge in [-0.25, -0.2) is 8.42 Å². The van der Waals surface area contributed by atoms with Gasteiger partial charge in [-0.3, -0.25) is 9.59 Å². The summed E-state index contributed by atoms with van der Waals surface area (Å²) in [6.45, 7) is 2.46. The van der Waals surface area contributed by atoms with Crippen LogP contribution < -0.4 is 5.73 Å². The first-order chi connectivity index (χ1) is 10.2. The van der Waals surface area contributed by atoms with E-state index in [4.69, 9.17) is 5.73 Å². The van der Waals surface area contributed by atoms with E-state index >= 15 is 0 Å². The summed E-state index contributed by atoms with van der Waals surface area (Å²) >= 11 is 1.37. The van der Waals surface area contributed by atoms with E-state index in [1.807, 2.05) is 13.0 Å². The maximum Gasteiger partial charge on any atom is 0.263 e. The topological polar surface area (TPSA) is 101 Å². The fourth-order valence-electron chi connectivity index (χ4n) is 2.36. The Hall–Kier alpha value is -1.45. The van der Waals surface area contributed by atoms with Crippen molar-refractivity contribution < 1.29 is 18.0 Å². The Bertz CT molecular complexity index is 683. The number of amides is 2. The summed E-state index contributed by atoms with van der Waals surface area (Å²) in [6, 6.07) is 3.59. The maximum absolute atomic E-state index is 12.5. The number of aryl methyl sites for hydroxylation is 1. The minimum atomic E-state index is -3.44. The largest absolute Gasteiger partial charge is 0.369 e. The fourth-order valence-corrected chi connectivity index (χ4v) is 4.05. The highest BCUT2D eigenvalue weighted by Crippen LogP contribution is 2.20. The van der Waals surface area contributed by atoms with Crippen molar-refractivity contribution >= 4 is 33.2 Å². The predicted octanol–water partition coefficient (Wildman–Crippen LogP) is -0.125. The molecule has 2 N–H and O–H groups in total. The second-order valence-corrected chi connectivity index (χ2v) is 8.65. The predicted molar refractivity (Wildman–Crippen MR) is 84.1 cm³/mol. The van der Waals surface area contributed by atoms with E-state index in [9.17, 15) is 18.0 Å². The van der Waals surface area contributed by atoms with Crippen molar-refractivity contribution in [3.63, 3.8) is 0 Å². The van der Waals surface area contributed by atoms with E-state index in [2.05, 4.69) is 0 Å². The molecule has 1 atom stereocenters. The number of nitrogens with two attached hydrogens (primary N) is 1. The molecular formula is C13H19N3O4S2. The molecule has 0 radical (unpaired) electrons. The molecule has 2 rings (SSSR count). The van der Waals surface area contributed by atoms with Crippen LogP contribution in [0.2, 0.25) is 0 Å². The zero-order valence-electron chi connectivity index (χ0n) is 12.5. The molecule has 0 bridgehead atoms.